The Balaban J connectivity index is 3.93. The molecule has 0 saturated carbocycles. The molecule has 0 aliphatic heterocycles. The number of esters is 3. The lowest BCUT2D eigenvalue weighted by Crippen LogP contribution is -2.30. The summed E-state index contributed by atoms with van der Waals surface area (Å²) in [5.41, 5.74) is 0. The minimum Gasteiger partial charge on any atom is -0.462 e. The van der Waals surface area contributed by atoms with Gasteiger partial charge in [-0.2, -0.15) is 0 Å². The predicted molar refractivity (Wildman–Crippen MR) is 325 cm³/mol. The van der Waals surface area contributed by atoms with Crippen LogP contribution in [0.3, 0.4) is 0 Å². The summed E-state index contributed by atoms with van der Waals surface area (Å²) < 4.78 is 16.8. The second-order valence-electron chi connectivity index (χ2n) is 22.4. The third-order valence-electron chi connectivity index (χ3n) is 14.8. The molecule has 6 nitrogen and oxygen atoms in total. The van der Waals surface area contributed by atoms with E-state index in [-0.39, 0.29) is 31.1 Å². The maximum Gasteiger partial charge on any atom is 0.306 e. The second-order valence-corrected chi connectivity index (χ2v) is 22.4. The number of ether oxygens (including phenoxy) is 3. The summed E-state index contributed by atoms with van der Waals surface area (Å²) in [5, 5.41) is 0. The van der Waals surface area contributed by atoms with E-state index in [1.165, 1.54) is 225 Å². The monoisotopic (exact) mass is 1050 g/mol. The topological polar surface area (TPSA) is 78.9 Å². The molecule has 75 heavy (non-hydrogen) atoms. The fraction of sp³-hybridized carbons (Fsp3) is 0.841. The molecule has 0 rings (SSSR count). The predicted octanol–water partition coefficient (Wildman–Crippen LogP) is 22.6. The number of hydrogen-bond donors (Lipinski definition) is 0. The van der Waals surface area contributed by atoms with Crippen LogP contribution in [0.4, 0.5) is 0 Å². The first kappa shape index (κ1) is 72.4. The number of hydrogen-bond acceptors (Lipinski definition) is 6. The van der Waals surface area contributed by atoms with Crippen LogP contribution in [0.1, 0.15) is 355 Å². The molecule has 0 aliphatic carbocycles. The Morgan fingerprint density at radius 2 is 0.520 bits per heavy atom. The molecule has 1 unspecified atom stereocenters. The first-order chi connectivity index (χ1) is 37.0. The quantitative estimate of drug-likeness (QED) is 0.0261. The maximum atomic E-state index is 12.8. The molecule has 0 N–H and O–H groups in total. The van der Waals surface area contributed by atoms with Gasteiger partial charge in [0.1, 0.15) is 13.2 Å². The molecule has 0 amide bonds. The van der Waals surface area contributed by atoms with E-state index in [4.69, 9.17) is 14.2 Å². The van der Waals surface area contributed by atoms with Gasteiger partial charge in [0.15, 0.2) is 6.10 Å². The van der Waals surface area contributed by atoms with Gasteiger partial charge in [-0.05, 0) is 57.8 Å². The Morgan fingerprint density at radius 1 is 0.280 bits per heavy atom. The van der Waals surface area contributed by atoms with Crippen LogP contribution in [-0.2, 0) is 28.6 Å². The minimum absolute atomic E-state index is 0.0672. The van der Waals surface area contributed by atoms with Crippen molar-refractivity contribution in [2.24, 2.45) is 0 Å². The lowest BCUT2D eigenvalue weighted by molar-refractivity contribution is -0.167. The van der Waals surface area contributed by atoms with Crippen LogP contribution in [-0.4, -0.2) is 37.2 Å². The highest BCUT2D eigenvalue weighted by molar-refractivity contribution is 5.71. The van der Waals surface area contributed by atoms with Crippen molar-refractivity contribution in [3.8, 4) is 0 Å². The van der Waals surface area contributed by atoms with E-state index in [1.807, 2.05) is 0 Å². The largest absolute Gasteiger partial charge is 0.462 e. The van der Waals surface area contributed by atoms with Crippen molar-refractivity contribution in [2.45, 2.75) is 361 Å². The van der Waals surface area contributed by atoms with Gasteiger partial charge < -0.3 is 14.2 Å². The van der Waals surface area contributed by atoms with E-state index < -0.39 is 6.10 Å². The lowest BCUT2D eigenvalue weighted by Gasteiger charge is -2.18. The molecule has 0 aromatic carbocycles. The molecular weight excluding hydrogens is 925 g/mol. The summed E-state index contributed by atoms with van der Waals surface area (Å²) in [7, 11) is 0. The zero-order chi connectivity index (χ0) is 54.3. The lowest BCUT2D eigenvalue weighted by atomic mass is 10.0. The van der Waals surface area contributed by atoms with E-state index in [9.17, 15) is 14.4 Å². The molecular formula is C69H126O6. The van der Waals surface area contributed by atoms with Gasteiger partial charge in [0.2, 0.25) is 0 Å². The molecule has 0 aliphatic rings. The van der Waals surface area contributed by atoms with E-state index in [1.54, 1.807) is 0 Å². The van der Waals surface area contributed by atoms with Crippen molar-refractivity contribution >= 4 is 17.9 Å². The van der Waals surface area contributed by atoms with Crippen LogP contribution in [0.25, 0.3) is 0 Å². The molecule has 0 heterocycles. The van der Waals surface area contributed by atoms with Gasteiger partial charge in [0.25, 0.3) is 0 Å². The molecule has 0 aromatic rings. The standard InChI is InChI=1S/C69H126O6/c1-4-7-10-13-15-17-19-21-23-25-27-29-30-31-32-33-34-35-36-37-38-40-41-43-45-47-49-51-53-56-59-62-68(71)74-65-66(64-73-67(70)61-58-55-12-9-6-3)75-69(72)63-60-57-54-52-50-48-46-44-42-39-28-26-24-22-20-18-16-14-11-8-5-2/h7,10,15,17,21,23,27,29,66H,4-6,8-9,11-14,16,18-20,22,24-26,28,30-65H2,1-3H3/b10-7-,17-15-,23-21-,29-27-. The van der Waals surface area contributed by atoms with Crippen LogP contribution < -0.4 is 0 Å². The maximum absolute atomic E-state index is 12.8. The Labute approximate surface area is 467 Å². The van der Waals surface area contributed by atoms with Crippen LogP contribution in [0.5, 0.6) is 0 Å². The van der Waals surface area contributed by atoms with Crippen molar-refractivity contribution in [2.75, 3.05) is 13.2 Å². The summed E-state index contributed by atoms with van der Waals surface area (Å²) in [6.45, 7) is 6.50. The molecule has 0 radical (unpaired) electrons. The Hall–Kier alpha value is -2.63. The van der Waals surface area contributed by atoms with Crippen molar-refractivity contribution in [1.82, 2.24) is 0 Å². The summed E-state index contributed by atoms with van der Waals surface area (Å²) in [6, 6.07) is 0. The summed E-state index contributed by atoms with van der Waals surface area (Å²) in [4.78, 5) is 37.9. The average molecular weight is 1050 g/mol. The number of rotatable bonds is 61. The van der Waals surface area contributed by atoms with E-state index >= 15 is 0 Å². The van der Waals surface area contributed by atoms with Crippen LogP contribution in [0.15, 0.2) is 48.6 Å². The van der Waals surface area contributed by atoms with Gasteiger partial charge in [-0.25, -0.2) is 0 Å². The molecule has 438 valence electrons. The number of unbranched alkanes of at least 4 members (excludes halogenated alkanes) is 42. The van der Waals surface area contributed by atoms with Gasteiger partial charge in [-0.15, -0.1) is 0 Å². The molecule has 0 saturated heterocycles. The molecule has 0 fully saturated rings. The Kier molecular flexibility index (Phi) is 61.7. The Bertz CT molecular complexity index is 1300. The summed E-state index contributed by atoms with van der Waals surface area (Å²) >= 11 is 0. The third-order valence-corrected chi connectivity index (χ3v) is 14.8. The normalized spacial score (nSPS) is 12.3. The van der Waals surface area contributed by atoms with Gasteiger partial charge in [-0.1, -0.05) is 326 Å². The van der Waals surface area contributed by atoms with Crippen LogP contribution in [0, 0.1) is 0 Å². The van der Waals surface area contributed by atoms with Crippen molar-refractivity contribution < 1.29 is 28.6 Å². The zero-order valence-corrected chi connectivity index (χ0v) is 50.3. The molecule has 1 atom stereocenters. The average Bonchev–Trinajstić information content (AvgIpc) is 3.41. The van der Waals surface area contributed by atoms with Crippen molar-refractivity contribution in [1.29, 1.82) is 0 Å². The molecule has 0 aromatic heterocycles. The van der Waals surface area contributed by atoms with E-state index in [0.717, 1.165) is 89.9 Å². The van der Waals surface area contributed by atoms with Crippen LogP contribution in [0.2, 0.25) is 0 Å². The second kappa shape index (κ2) is 63.9. The molecule has 0 bridgehead atoms. The SMILES string of the molecule is CC/C=C\C/C=C\C/C=C\C/C=C\CCCCCCCCCCCCCCCCCCCCC(=O)OCC(COC(=O)CCCCCCC)OC(=O)CCCCCCCCCCCCCCCCCCCCCCC. The van der Waals surface area contributed by atoms with Gasteiger partial charge in [0.05, 0.1) is 0 Å². The van der Waals surface area contributed by atoms with Crippen molar-refractivity contribution in [3.63, 3.8) is 0 Å². The highest BCUT2D eigenvalue weighted by atomic mass is 16.6. The molecule has 0 spiro atoms. The van der Waals surface area contributed by atoms with Gasteiger partial charge >= 0.3 is 17.9 Å². The number of allylic oxidation sites excluding steroid dienone is 8. The fourth-order valence-corrected chi connectivity index (χ4v) is 9.91. The van der Waals surface area contributed by atoms with E-state index in [2.05, 4.69) is 69.4 Å². The molecule has 6 heteroatoms. The number of carbonyl (C=O) groups is 3. The fourth-order valence-electron chi connectivity index (χ4n) is 9.91. The first-order valence-corrected chi connectivity index (χ1v) is 33.1. The highest BCUT2D eigenvalue weighted by Crippen LogP contribution is 2.18. The number of carbonyl (C=O) groups excluding carboxylic acids is 3. The summed E-state index contributed by atoms with van der Waals surface area (Å²) in [6.07, 6.45) is 80.4. The van der Waals surface area contributed by atoms with E-state index in [0.29, 0.717) is 19.3 Å². The first-order valence-electron chi connectivity index (χ1n) is 33.1. The zero-order valence-electron chi connectivity index (χ0n) is 50.3. The van der Waals surface area contributed by atoms with Gasteiger partial charge in [-0.3, -0.25) is 14.4 Å². The van der Waals surface area contributed by atoms with Crippen LogP contribution >= 0.6 is 0 Å². The Morgan fingerprint density at radius 3 is 0.813 bits per heavy atom. The summed E-state index contributed by atoms with van der Waals surface area (Å²) in [5.74, 6) is -0.858. The third kappa shape index (κ3) is 62.1. The smallest absolute Gasteiger partial charge is 0.306 e. The highest BCUT2D eigenvalue weighted by Gasteiger charge is 2.19. The van der Waals surface area contributed by atoms with Crippen molar-refractivity contribution in [3.05, 3.63) is 48.6 Å². The van der Waals surface area contributed by atoms with Gasteiger partial charge in [0, 0.05) is 19.3 Å². The minimum atomic E-state index is -0.765.